The number of hydrogen-bond acceptors (Lipinski definition) is 2. The van der Waals surface area contributed by atoms with Crippen molar-refractivity contribution in [3.63, 3.8) is 0 Å². The molecule has 0 heterocycles. The second-order valence-corrected chi connectivity index (χ2v) is 3.14. The quantitative estimate of drug-likeness (QED) is 0.664. The molecule has 0 aliphatic carbocycles. The number of nitrogens with one attached hydrogen (secondary N) is 1. The van der Waals surface area contributed by atoms with Gasteiger partial charge in [0.15, 0.2) is 0 Å². The summed E-state index contributed by atoms with van der Waals surface area (Å²) < 4.78 is 0. The molecule has 0 spiro atoms. The summed E-state index contributed by atoms with van der Waals surface area (Å²) in [5, 5.41) is 10.6. The largest absolute Gasteiger partial charge is 0.465 e. The molecule has 0 bridgehead atoms. The van der Waals surface area contributed by atoms with E-state index in [0.717, 1.165) is 5.56 Å². The second-order valence-electron chi connectivity index (χ2n) is 3.14. The molecule has 1 amide bonds. The zero-order valence-electron chi connectivity index (χ0n) is 7.81. The smallest absolute Gasteiger partial charge is 0.404 e. The van der Waals surface area contributed by atoms with Crippen molar-refractivity contribution in [2.75, 3.05) is 6.54 Å². The zero-order chi connectivity index (χ0) is 10.4. The first kappa shape index (κ1) is 10.5. The molecule has 0 aliphatic rings. The maximum Gasteiger partial charge on any atom is 0.404 e. The van der Waals surface area contributed by atoms with E-state index in [1.807, 2.05) is 30.3 Å². The summed E-state index contributed by atoms with van der Waals surface area (Å²) in [5.41, 5.74) is 6.85. The third-order valence-electron chi connectivity index (χ3n) is 1.86. The molecule has 0 radical (unpaired) electrons. The van der Waals surface area contributed by atoms with E-state index < -0.39 is 6.09 Å². The van der Waals surface area contributed by atoms with Crippen LogP contribution in [-0.4, -0.2) is 23.8 Å². The van der Waals surface area contributed by atoms with Gasteiger partial charge in [-0.1, -0.05) is 30.3 Å². The summed E-state index contributed by atoms with van der Waals surface area (Å²) in [4.78, 5) is 10.2. The van der Waals surface area contributed by atoms with Crippen molar-refractivity contribution in [2.24, 2.45) is 5.73 Å². The third-order valence-corrected chi connectivity index (χ3v) is 1.86. The van der Waals surface area contributed by atoms with E-state index in [9.17, 15) is 4.79 Å². The van der Waals surface area contributed by atoms with Gasteiger partial charge in [-0.2, -0.15) is 0 Å². The molecule has 0 aromatic heterocycles. The average Bonchev–Trinajstić information content (AvgIpc) is 2.16. The minimum atomic E-state index is -1.03. The fraction of sp³-hybridized carbons (Fsp3) is 0.300. The van der Waals surface area contributed by atoms with Crippen LogP contribution in [0.3, 0.4) is 0 Å². The highest BCUT2D eigenvalue weighted by Crippen LogP contribution is 2.00. The highest BCUT2D eigenvalue weighted by Gasteiger charge is 2.04. The van der Waals surface area contributed by atoms with Crippen LogP contribution in [-0.2, 0) is 6.42 Å². The van der Waals surface area contributed by atoms with Gasteiger partial charge in [0.25, 0.3) is 0 Å². The van der Waals surface area contributed by atoms with Crippen LogP contribution in [0.2, 0.25) is 0 Å². The van der Waals surface area contributed by atoms with Crippen LogP contribution in [0.25, 0.3) is 0 Å². The highest BCUT2D eigenvalue weighted by molar-refractivity contribution is 5.64. The summed E-state index contributed by atoms with van der Waals surface area (Å²) in [6, 6.07) is 9.58. The van der Waals surface area contributed by atoms with Gasteiger partial charge >= 0.3 is 6.09 Å². The van der Waals surface area contributed by atoms with Crippen molar-refractivity contribution in [2.45, 2.75) is 12.5 Å². The molecule has 1 aromatic rings. The predicted octanol–water partition coefficient (Wildman–Crippen LogP) is 0.824. The van der Waals surface area contributed by atoms with Gasteiger partial charge in [-0.15, -0.1) is 0 Å². The van der Waals surface area contributed by atoms with E-state index in [1.165, 1.54) is 0 Å². The van der Waals surface area contributed by atoms with E-state index in [0.29, 0.717) is 6.42 Å². The van der Waals surface area contributed by atoms with Crippen molar-refractivity contribution >= 4 is 6.09 Å². The first-order valence-corrected chi connectivity index (χ1v) is 4.45. The molecule has 76 valence electrons. The van der Waals surface area contributed by atoms with Crippen molar-refractivity contribution in [1.82, 2.24) is 5.32 Å². The number of benzene rings is 1. The Morgan fingerprint density at radius 3 is 2.64 bits per heavy atom. The standard InChI is InChI=1S/C10H14N2O2/c11-9(7-12-10(13)14)6-8-4-2-1-3-5-8/h1-5,9,12H,6-7,11H2,(H,13,14)/t9-/m1/s1. The maximum absolute atomic E-state index is 10.2. The molecule has 1 atom stereocenters. The van der Waals surface area contributed by atoms with Gasteiger partial charge < -0.3 is 16.2 Å². The number of carbonyl (C=O) groups is 1. The Morgan fingerprint density at radius 2 is 2.07 bits per heavy atom. The zero-order valence-corrected chi connectivity index (χ0v) is 7.81. The summed E-state index contributed by atoms with van der Waals surface area (Å²) in [6.07, 6.45) is -0.352. The van der Waals surface area contributed by atoms with Crippen molar-refractivity contribution in [1.29, 1.82) is 0 Å². The number of amides is 1. The minimum Gasteiger partial charge on any atom is -0.465 e. The molecule has 0 aliphatic heterocycles. The monoisotopic (exact) mass is 194 g/mol. The van der Waals surface area contributed by atoms with Gasteiger partial charge in [0.1, 0.15) is 0 Å². The molecule has 4 nitrogen and oxygen atoms in total. The Balaban J connectivity index is 2.34. The molecule has 0 saturated carbocycles. The molecular weight excluding hydrogens is 180 g/mol. The van der Waals surface area contributed by atoms with Crippen LogP contribution < -0.4 is 11.1 Å². The first-order valence-electron chi connectivity index (χ1n) is 4.45. The van der Waals surface area contributed by atoms with Crippen LogP contribution >= 0.6 is 0 Å². The Labute approximate surface area is 82.7 Å². The highest BCUT2D eigenvalue weighted by atomic mass is 16.4. The molecule has 4 N–H and O–H groups in total. The first-order chi connectivity index (χ1) is 6.68. The van der Waals surface area contributed by atoms with Gasteiger partial charge in [0.05, 0.1) is 0 Å². The van der Waals surface area contributed by atoms with Crippen molar-refractivity contribution in [3.05, 3.63) is 35.9 Å². The van der Waals surface area contributed by atoms with Gasteiger partial charge in [0, 0.05) is 12.6 Å². The Hall–Kier alpha value is -1.55. The fourth-order valence-electron chi connectivity index (χ4n) is 1.21. The van der Waals surface area contributed by atoms with Gasteiger partial charge in [-0.05, 0) is 12.0 Å². The summed E-state index contributed by atoms with van der Waals surface area (Å²) in [5.74, 6) is 0. The normalized spacial score (nSPS) is 12.1. The maximum atomic E-state index is 10.2. The van der Waals surface area contributed by atoms with Crippen LogP contribution in [0.15, 0.2) is 30.3 Å². The summed E-state index contributed by atoms with van der Waals surface area (Å²) in [6.45, 7) is 0.282. The van der Waals surface area contributed by atoms with E-state index >= 15 is 0 Å². The summed E-state index contributed by atoms with van der Waals surface area (Å²) >= 11 is 0. The lowest BCUT2D eigenvalue weighted by Crippen LogP contribution is -2.37. The lowest BCUT2D eigenvalue weighted by atomic mass is 10.1. The average molecular weight is 194 g/mol. The lowest BCUT2D eigenvalue weighted by Gasteiger charge is -2.10. The van der Waals surface area contributed by atoms with Crippen LogP contribution in [0, 0.1) is 0 Å². The van der Waals surface area contributed by atoms with Gasteiger partial charge in [-0.25, -0.2) is 4.79 Å². The summed E-state index contributed by atoms with van der Waals surface area (Å²) in [7, 11) is 0. The van der Waals surface area contributed by atoms with E-state index in [1.54, 1.807) is 0 Å². The molecule has 4 heteroatoms. The molecule has 14 heavy (non-hydrogen) atoms. The Morgan fingerprint density at radius 1 is 1.43 bits per heavy atom. The number of carboxylic acid groups (broad SMARTS) is 1. The number of rotatable bonds is 4. The van der Waals surface area contributed by atoms with Gasteiger partial charge in [0.2, 0.25) is 0 Å². The van der Waals surface area contributed by atoms with E-state index in [-0.39, 0.29) is 12.6 Å². The van der Waals surface area contributed by atoms with E-state index in [2.05, 4.69) is 5.32 Å². The third kappa shape index (κ3) is 3.91. The van der Waals surface area contributed by atoms with Crippen LogP contribution in [0.5, 0.6) is 0 Å². The second kappa shape index (κ2) is 5.24. The SMILES string of the molecule is N[C@@H](CNC(=O)O)Cc1ccccc1. The molecule has 1 aromatic carbocycles. The molecule has 0 unspecified atom stereocenters. The molecule has 0 fully saturated rings. The fourth-order valence-corrected chi connectivity index (χ4v) is 1.21. The number of nitrogens with two attached hydrogens (primary N) is 1. The molecular formula is C10H14N2O2. The number of hydrogen-bond donors (Lipinski definition) is 3. The van der Waals surface area contributed by atoms with Crippen LogP contribution in [0.4, 0.5) is 4.79 Å². The van der Waals surface area contributed by atoms with Crippen molar-refractivity contribution < 1.29 is 9.90 Å². The molecule has 1 rings (SSSR count). The van der Waals surface area contributed by atoms with Crippen molar-refractivity contribution in [3.8, 4) is 0 Å². The lowest BCUT2D eigenvalue weighted by molar-refractivity contribution is 0.193. The molecule has 0 saturated heterocycles. The van der Waals surface area contributed by atoms with E-state index in [4.69, 9.17) is 10.8 Å². The van der Waals surface area contributed by atoms with Crippen LogP contribution in [0.1, 0.15) is 5.56 Å². The Bertz CT molecular complexity index is 287. The Kier molecular flexibility index (Phi) is 3.94. The predicted molar refractivity (Wildman–Crippen MR) is 54.1 cm³/mol. The topological polar surface area (TPSA) is 75.3 Å². The minimum absolute atomic E-state index is 0.173. The van der Waals surface area contributed by atoms with Gasteiger partial charge in [-0.3, -0.25) is 0 Å².